The van der Waals surface area contributed by atoms with E-state index in [0.29, 0.717) is 5.01 Å². The number of nitrogens with one attached hydrogen (secondary N) is 1. The number of hydrogen-bond acceptors (Lipinski definition) is 4. The summed E-state index contributed by atoms with van der Waals surface area (Å²) in [5.41, 5.74) is 2.41. The number of anilines is 1. The van der Waals surface area contributed by atoms with Gasteiger partial charge in [-0.2, -0.15) is 0 Å². The first-order valence-corrected chi connectivity index (χ1v) is 8.60. The Morgan fingerprint density at radius 1 is 1.16 bits per heavy atom. The van der Waals surface area contributed by atoms with Gasteiger partial charge in [-0.15, -0.1) is 11.3 Å². The highest BCUT2D eigenvalue weighted by Gasteiger charge is 2.13. The minimum Gasteiger partial charge on any atom is -0.486 e. The van der Waals surface area contributed by atoms with Crippen LogP contribution in [0.1, 0.15) is 26.6 Å². The fourth-order valence-corrected chi connectivity index (χ4v) is 2.87. The summed E-state index contributed by atoms with van der Waals surface area (Å²) in [4.78, 5) is 16.5. The molecule has 3 rings (SSSR count). The van der Waals surface area contributed by atoms with Gasteiger partial charge in [0.1, 0.15) is 28.9 Å². The molecule has 4 nitrogen and oxygen atoms in total. The van der Waals surface area contributed by atoms with Crippen LogP contribution in [0.5, 0.6) is 5.75 Å². The van der Waals surface area contributed by atoms with Crippen LogP contribution in [0.2, 0.25) is 0 Å². The Hall–Kier alpha value is -2.73. The molecule has 0 bridgehead atoms. The number of thiazole rings is 1. The molecular weight excluding hydrogens is 339 g/mol. The number of aromatic nitrogens is 1. The molecule has 1 heterocycles. The summed E-state index contributed by atoms with van der Waals surface area (Å²) in [6.07, 6.45) is 0. The van der Waals surface area contributed by atoms with Crippen molar-refractivity contribution in [1.29, 1.82) is 0 Å². The second-order valence-electron chi connectivity index (χ2n) is 5.67. The van der Waals surface area contributed by atoms with Gasteiger partial charge in [0.15, 0.2) is 0 Å². The van der Waals surface area contributed by atoms with Gasteiger partial charge in [0.25, 0.3) is 5.91 Å². The van der Waals surface area contributed by atoms with Gasteiger partial charge in [-0.05, 0) is 43.7 Å². The van der Waals surface area contributed by atoms with E-state index in [-0.39, 0.29) is 18.0 Å². The molecule has 0 saturated carbocycles. The van der Waals surface area contributed by atoms with Crippen LogP contribution in [-0.2, 0) is 6.61 Å². The van der Waals surface area contributed by atoms with Crippen molar-refractivity contribution in [3.63, 3.8) is 0 Å². The first-order valence-electron chi connectivity index (χ1n) is 7.72. The molecule has 0 saturated heterocycles. The van der Waals surface area contributed by atoms with E-state index < -0.39 is 11.7 Å². The molecule has 0 aliphatic heterocycles. The standard InChI is InChI=1S/C19H17FN2O2S/c1-12-3-6-14(7-4-12)24-10-18-21-17(11-25-18)19(23)22-16-9-13(2)5-8-15(16)20/h3-9,11H,10H2,1-2H3,(H,22,23). The zero-order chi connectivity index (χ0) is 17.8. The molecule has 25 heavy (non-hydrogen) atoms. The first-order chi connectivity index (χ1) is 12.0. The van der Waals surface area contributed by atoms with Crippen LogP contribution in [0, 0.1) is 19.7 Å². The summed E-state index contributed by atoms with van der Waals surface area (Å²) in [6, 6.07) is 12.3. The van der Waals surface area contributed by atoms with Gasteiger partial charge in [0, 0.05) is 5.38 Å². The number of carbonyl (C=O) groups excluding carboxylic acids is 1. The molecule has 0 aliphatic carbocycles. The van der Waals surface area contributed by atoms with E-state index in [4.69, 9.17) is 4.74 Å². The van der Waals surface area contributed by atoms with E-state index in [1.807, 2.05) is 38.1 Å². The zero-order valence-corrected chi connectivity index (χ0v) is 14.7. The molecule has 0 unspecified atom stereocenters. The predicted octanol–water partition coefficient (Wildman–Crippen LogP) is 4.73. The van der Waals surface area contributed by atoms with Gasteiger partial charge in [-0.1, -0.05) is 23.8 Å². The fourth-order valence-electron chi connectivity index (χ4n) is 2.18. The average Bonchev–Trinajstić information content (AvgIpc) is 3.07. The lowest BCUT2D eigenvalue weighted by molar-refractivity contribution is 0.102. The zero-order valence-electron chi connectivity index (χ0n) is 13.9. The Bertz CT molecular complexity index is 891. The fraction of sp³-hybridized carbons (Fsp3) is 0.158. The molecule has 128 valence electrons. The average molecular weight is 356 g/mol. The van der Waals surface area contributed by atoms with Crippen LogP contribution in [-0.4, -0.2) is 10.9 Å². The van der Waals surface area contributed by atoms with Gasteiger partial charge in [-0.3, -0.25) is 4.79 Å². The normalized spacial score (nSPS) is 10.5. The Morgan fingerprint density at radius 2 is 1.88 bits per heavy atom. The van der Waals surface area contributed by atoms with Gasteiger partial charge >= 0.3 is 0 Å². The third-order valence-electron chi connectivity index (χ3n) is 3.54. The number of amides is 1. The quantitative estimate of drug-likeness (QED) is 0.719. The first kappa shape index (κ1) is 17.1. The van der Waals surface area contributed by atoms with E-state index in [0.717, 1.165) is 16.9 Å². The van der Waals surface area contributed by atoms with Crippen molar-refractivity contribution >= 4 is 22.9 Å². The number of rotatable bonds is 5. The summed E-state index contributed by atoms with van der Waals surface area (Å²) >= 11 is 1.33. The molecule has 1 amide bonds. The lowest BCUT2D eigenvalue weighted by Crippen LogP contribution is -2.13. The Kier molecular flexibility index (Phi) is 5.09. The Balaban J connectivity index is 1.63. The second kappa shape index (κ2) is 7.44. The smallest absolute Gasteiger partial charge is 0.275 e. The van der Waals surface area contributed by atoms with Crippen molar-refractivity contribution in [1.82, 2.24) is 4.98 Å². The van der Waals surface area contributed by atoms with Gasteiger partial charge in [0.2, 0.25) is 0 Å². The van der Waals surface area contributed by atoms with Crippen LogP contribution in [0.25, 0.3) is 0 Å². The molecule has 1 aromatic heterocycles. The molecule has 0 atom stereocenters. The monoisotopic (exact) mass is 356 g/mol. The highest BCUT2D eigenvalue weighted by Crippen LogP contribution is 2.19. The minimum atomic E-state index is -0.475. The van der Waals surface area contributed by atoms with E-state index in [1.54, 1.807) is 17.5 Å². The van der Waals surface area contributed by atoms with Crippen molar-refractivity contribution < 1.29 is 13.9 Å². The van der Waals surface area contributed by atoms with Gasteiger partial charge in [-0.25, -0.2) is 9.37 Å². The van der Waals surface area contributed by atoms with Crippen LogP contribution < -0.4 is 10.1 Å². The second-order valence-corrected chi connectivity index (χ2v) is 6.61. The Morgan fingerprint density at radius 3 is 2.64 bits per heavy atom. The molecule has 3 aromatic rings. The molecule has 0 aliphatic rings. The topological polar surface area (TPSA) is 51.2 Å². The van der Waals surface area contributed by atoms with Crippen molar-refractivity contribution in [3.8, 4) is 5.75 Å². The lowest BCUT2D eigenvalue weighted by atomic mass is 10.2. The Labute approximate surface area is 149 Å². The maximum Gasteiger partial charge on any atom is 0.275 e. The number of ether oxygens (including phenoxy) is 1. The van der Waals surface area contributed by atoms with E-state index >= 15 is 0 Å². The summed E-state index contributed by atoms with van der Waals surface area (Å²) in [5, 5.41) is 4.86. The summed E-state index contributed by atoms with van der Waals surface area (Å²) in [7, 11) is 0. The molecule has 2 aromatic carbocycles. The summed E-state index contributed by atoms with van der Waals surface area (Å²) in [6.45, 7) is 4.12. The van der Waals surface area contributed by atoms with Crippen molar-refractivity contribution in [3.05, 3.63) is 75.5 Å². The van der Waals surface area contributed by atoms with Crippen LogP contribution >= 0.6 is 11.3 Å². The summed E-state index contributed by atoms with van der Waals surface area (Å²) < 4.78 is 19.4. The SMILES string of the molecule is Cc1ccc(OCc2nc(C(=O)Nc3cc(C)ccc3F)cs2)cc1. The maximum absolute atomic E-state index is 13.7. The number of halogens is 1. The third kappa shape index (κ3) is 4.42. The highest BCUT2D eigenvalue weighted by atomic mass is 32.1. The van der Waals surface area contributed by atoms with Gasteiger partial charge < -0.3 is 10.1 Å². The minimum absolute atomic E-state index is 0.149. The highest BCUT2D eigenvalue weighted by molar-refractivity contribution is 7.09. The molecular formula is C19H17FN2O2S. The van der Waals surface area contributed by atoms with Crippen LogP contribution in [0.4, 0.5) is 10.1 Å². The van der Waals surface area contributed by atoms with Crippen molar-refractivity contribution in [2.24, 2.45) is 0 Å². The number of nitrogens with zero attached hydrogens (tertiary/aromatic N) is 1. The van der Waals surface area contributed by atoms with E-state index in [2.05, 4.69) is 10.3 Å². The maximum atomic E-state index is 13.7. The third-order valence-corrected chi connectivity index (χ3v) is 4.36. The molecule has 0 radical (unpaired) electrons. The van der Waals surface area contributed by atoms with Crippen LogP contribution in [0.15, 0.2) is 47.8 Å². The molecule has 1 N–H and O–H groups in total. The van der Waals surface area contributed by atoms with Crippen molar-refractivity contribution in [2.75, 3.05) is 5.32 Å². The number of aryl methyl sites for hydroxylation is 2. The molecule has 0 fully saturated rings. The number of carbonyl (C=O) groups is 1. The predicted molar refractivity (Wildman–Crippen MR) is 96.7 cm³/mol. The van der Waals surface area contributed by atoms with E-state index in [9.17, 15) is 9.18 Å². The lowest BCUT2D eigenvalue weighted by Gasteiger charge is -2.06. The van der Waals surface area contributed by atoms with E-state index in [1.165, 1.54) is 17.4 Å². The van der Waals surface area contributed by atoms with Crippen LogP contribution in [0.3, 0.4) is 0 Å². The van der Waals surface area contributed by atoms with Crippen molar-refractivity contribution in [2.45, 2.75) is 20.5 Å². The molecule has 0 spiro atoms. The summed E-state index contributed by atoms with van der Waals surface area (Å²) in [5.74, 6) is -0.173. The largest absolute Gasteiger partial charge is 0.486 e. The number of benzene rings is 2. The number of hydrogen-bond donors (Lipinski definition) is 1. The van der Waals surface area contributed by atoms with Gasteiger partial charge in [0.05, 0.1) is 5.69 Å². The molecule has 6 heteroatoms.